The van der Waals surface area contributed by atoms with Gasteiger partial charge in [-0.15, -0.1) is 0 Å². The van der Waals surface area contributed by atoms with Crippen LogP contribution in [0.15, 0.2) is 6.33 Å². The van der Waals surface area contributed by atoms with Crippen LogP contribution in [0.25, 0.3) is 0 Å². The molecule has 0 amide bonds. The Morgan fingerprint density at radius 3 is 2.50 bits per heavy atom. The number of hydrogen-bond donors (Lipinski definition) is 1. The van der Waals surface area contributed by atoms with Gasteiger partial charge in [0.25, 0.3) is 0 Å². The Hall–Kier alpha value is -0.870. The third kappa shape index (κ3) is 4.60. The van der Waals surface area contributed by atoms with E-state index < -0.39 is 0 Å². The molecule has 2 rings (SSSR count). The van der Waals surface area contributed by atoms with E-state index in [1.54, 1.807) is 0 Å². The van der Waals surface area contributed by atoms with Crippen molar-refractivity contribution in [1.82, 2.24) is 19.8 Å². The van der Waals surface area contributed by atoms with E-state index in [1.807, 2.05) is 6.33 Å². The maximum absolute atomic E-state index is 4.34. The average Bonchev–Trinajstić information content (AvgIpc) is 2.65. The minimum absolute atomic E-state index is 0.568. The number of rotatable bonds is 6. The third-order valence-electron chi connectivity index (χ3n) is 4.42. The van der Waals surface area contributed by atoms with Crippen LogP contribution in [0, 0.1) is 13.8 Å². The van der Waals surface area contributed by atoms with E-state index in [0.717, 1.165) is 18.8 Å². The molecule has 0 saturated carbocycles. The molecule has 1 aliphatic heterocycles. The quantitative estimate of drug-likeness (QED) is 0.867. The monoisotopic (exact) mass is 278 g/mol. The molecule has 0 aliphatic carbocycles. The van der Waals surface area contributed by atoms with Gasteiger partial charge in [0.15, 0.2) is 0 Å². The van der Waals surface area contributed by atoms with Crippen LogP contribution in [0.1, 0.15) is 44.0 Å². The first-order chi connectivity index (χ1) is 9.66. The van der Waals surface area contributed by atoms with E-state index in [-0.39, 0.29) is 0 Å². The van der Waals surface area contributed by atoms with Crippen LogP contribution in [0.5, 0.6) is 0 Å². The molecule has 0 aromatic carbocycles. The Labute approximate surface area is 123 Å². The van der Waals surface area contributed by atoms with Crippen LogP contribution in [0.4, 0.5) is 0 Å². The highest BCUT2D eigenvalue weighted by molar-refractivity contribution is 5.08. The predicted molar refractivity (Wildman–Crippen MR) is 84.1 cm³/mol. The van der Waals surface area contributed by atoms with Crippen molar-refractivity contribution >= 4 is 0 Å². The normalized spacial score (nSPS) is 18.9. The van der Waals surface area contributed by atoms with Crippen LogP contribution >= 0.6 is 0 Å². The molecular formula is C16H30N4. The molecule has 1 atom stereocenters. The second-order valence-corrected chi connectivity index (χ2v) is 6.18. The maximum Gasteiger partial charge on any atom is 0.0951 e. The van der Waals surface area contributed by atoms with Crippen LogP contribution in [0.2, 0.25) is 0 Å². The van der Waals surface area contributed by atoms with Crippen LogP contribution in [0.3, 0.4) is 0 Å². The highest BCUT2D eigenvalue weighted by Crippen LogP contribution is 2.09. The zero-order valence-electron chi connectivity index (χ0n) is 13.4. The lowest BCUT2D eigenvalue weighted by molar-refractivity contribution is 0.255. The number of imidazole rings is 1. The number of nitrogens with zero attached hydrogens (tertiary/aromatic N) is 3. The first-order valence-corrected chi connectivity index (χ1v) is 8.11. The van der Waals surface area contributed by atoms with Gasteiger partial charge >= 0.3 is 0 Å². The molecule has 1 fully saturated rings. The Kier molecular flexibility index (Phi) is 6.05. The van der Waals surface area contributed by atoms with Crippen molar-refractivity contribution < 1.29 is 0 Å². The Morgan fingerprint density at radius 2 is 1.90 bits per heavy atom. The van der Waals surface area contributed by atoms with E-state index in [1.165, 1.54) is 51.0 Å². The van der Waals surface area contributed by atoms with E-state index in [2.05, 4.69) is 40.5 Å². The van der Waals surface area contributed by atoms with Crippen LogP contribution in [-0.2, 0) is 6.54 Å². The van der Waals surface area contributed by atoms with E-state index in [9.17, 15) is 0 Å². The third-order valence-corrected chi connectivity index (χ3v) is 4.42. The first-order valence-electron chi connectivity index (χ1n) is 8.11. The van der Waals surface area contributed by atoms with Gasteiger partial charge in [-0.3, -0.25) is 0 Å². The molecule has 0 spiro atoms. The summed E-state index contributed by atoms with van der Waals surface area (Å²) in [6.45, 7) is 12.3. The molecule has 20 heavy (non-hydrogen) atoms. The molecule has 4 heteroatoms. The van der Waals surface area contributed by atoms with Gasteiger partial charge in [-0.2, -0.15) is 0 Å². The van der Waals surface area contributed by atoms with E-state index in [0.29, 0.717) is 6.04 Å². The summed E-state index contributed by atoms with van der Waals surface area (Å²) in [4.78, 5) is 6.97. The topological polar surface area (TPSA) is 33.1 Å². The van der Waals surface area contributed by atoms with Gasteiger partial charge in [0.1, 0.15) is 0 Å². The Balaban J connectivity index is 1.67. The summed E-state index contributed by atoms with van der Waals surface area (Å²) in [6.07, 6.45) is 7.53. The van der Waals surface area contributed by atoms with Gasteiger partial charge in [-0.25, -0.2) is 4.98 Å². The lowest BCUT2D eigenvalue weighted by Gasteiger charge is -2.24. The number of aromatic nitrogens is 2. The second kappa shape index (κ2) is 7.79. The smallest absolute Gasteiger partial charge is 0.0951 e. The highest BCUT2D eigenvalue weighted by Gasteiger charge is 2.12. The zero-order valence-corrected chi connectivity index (χ0v) is 13.4. The van der Waals surface area contributed by atoms with Gasteiger partial charge in [0, 0.05) is 31.4 Å². The molecule has 1 N–H and O–H groups in total. The number of aryl methyl sites for hydroxylation is 1. The van der Waals surface area contributed by atoms with Gasteiger partial charge < -0.3 is 14.8 Å². The Morgan fingerprint density at radius 1 is 1.20 bits per heavy atom. The zero-order chi connectivity index (χ0) is 14.4. The maximum atomic E-state index is 4.34. The van der Waals surface area contributed by atoms with Gasteiger partial charge in [-0.05, 0) is 46.7 Å². The second-order valence-electron chi connectivity index (χ2n) is 6.18. The molecule has 2 heterocycles. The fraction of sp³-hybridized carbons (Fsp3) is 0.812. The molecule has 1 aromatic rings. The lowest BCUT2D eigenvalue weighted by Crippen LogP contribution is -2.40. The van der Waals surface area contributed by atoms with Crippen LogP contribution in [-0.4, -0.2) is 46.7 Å². The van der Waals surface area contributed by atoms with Gasteiger partial charge in [0.2, 0.25) is 0 Å². The van der Waals surface area contributed by atoms with Crippen molar-refractivity contribution in [3.63, 3.8) is 0 Å². The molecule has 114 valence electrons. The summed E-state index contributed by atoms with van der Waals surface area (Å²) in [5, 5.41) is 3.65. The lowest BCUT2D eigenvalue weighted by atomic mass is 10.2. The molecule has 1 saturated heterocycles. The van der Waals surface area contributed by atoms with E-state index in [4.69, 9.17) is 0 Å². The average molecular weight is 278 g/mol. The van der Waals surface area contributed by atoms with Crippen molar-refractivity contribution in [3.8, 4) is 0 Å². The molecule has 1 aliphatic rings. The van der Waals surface area contributed by atoms with Crippen LogP contribution < -0.4 is 5.32 Å². The molecule has 1 aromatic heterocycles. The predicted octanol–water partition coefficient (Wildman–Crippen LogP) is 2.35. The molecule has 1 unspecified atom stereocenters. The largest absolute Gasteiger partial charge is 0.333 e. The molecule has 0 bridgehead atoms. The minimum atomic E-state index is 0.568. The molecular weight excluding hydrogens is 248 g/mol. The summed E-state index contributed by atoms with van der Waals surface area (Å²) in [6, 6.07) is 0.568. The highest BCUT2D eigenvalue weighted by atomic mass is 15.2. The van der Waals surface area contributed by atoms with Crippen molar-refractivity contribution in [2.75, 3.05) is 26.2 Å². The van der Waals surface area contributed by atoms with Gasteiger partial charge in [-0.1, -0.05) is 12.8 Å². The summed E-state index contributed by atoms with van der Waals surface area (Å²) in [7, 11) is 0. The fourth-order valence-electron chi connectivity index (χ4n) is 2.97. The van der Waals surface area contributed by atoms with Crippen molar-refractivity contribution in [3.05, 3.63) is 17.7 Å². The van der Waals surface area contributed by atoms with Gasteiger partial charge in [0.05, 0.1) is 12.0 Å². The first kappa shape index (κ1) is 15.5. The number of nitrogens with one attached hydrogen (secondary N) is 1. The fourth-order valence-corrected chi connectivity index (χ4v) is 2.97. The van der Waals surface area contributed by atoms with E-state index >= 15 is 0 Å². The summed E-state index contributed by atoms with van der Waals surface area (Å²) in [5.41, 5.74) is 2.43. The molecule has 4 nitrogen and oxygen atoms in total. The number of hydrogen-bond acceptors (Lipinski definition) is 3. The van der Waals surface area contributed by atoms with Crippen molar-refractivity contribution in [2.45, 2.75) is 59.0 Å². The summed E-state index contributed by atoms with van der Waals surface area (Å²) < 4.78 is 2.24. The number of likely N-dealkylation sites (tertiary alicyclic amines) is 1. The Bertz CT molecular complexity index is 391. The summed E-state index contributed by atoms with van der Waals surface area (Å²) in [5.74, 6) is 0. The standard InChI is InChI=1S/C16H30N4/c1-14(12-19-9-6-4-5-7-10-19)17-8-11-20-13-18-15(2)16(20)3/h13-14,17H,4-12H2,1-3H3. The SMILES string of the molecule is Cc1ncn(CCNC(C)CN2CCCCCC2)c1C. The molecule has 0 radical (unpaired) electrons. The van der Waals surface area contributed by atoms with Crippen molar-refractivity contribution in [1.29, 1.82) is 0 Å². The summed E-state index contributed by atoms with van der Waals surface area (Å²) >= 11 is 0. The minimum Gasteiger partial charge on any atom is -0.333 e. The van der Waals surface area contributed by atoms with Crippen molar-refractivity contribution in [2.24, 2.45) is 0 Å².